The molecule has 0 spiro atoms. The van der Waals surface area contributed by atoms with Crippen molar-refractivity contribution in [2.75, 3.05) is 11.9 Å². The zero-order valence-corrected chi connectivity index (χ0v) is 17.3. The van der Waals surface area contributed by atoms with Crippen LogP contribution in [0.4, 0.5) is 0 Å². The first-order valence-corrected chi connectivity index (χ1v) is 12.5. The van der Waals surface area contributed by atoms with Crippen molar-refractivity contribution >= 4 is 17.9 Å². The van der Waals surface area contributed by atoms with Crippen LogP contribution in [0.3, 0.4) is 0 Å². The van der Waals surface area contributed by atoms with E-state index in [0.29, 0.717) is 25.7 Å². The molecule has 0 fully saturated rings. The highest BCUT2D eigenvalue weighted by Gasteiger charge is 2.51. The normalized spacial score (nSPS) is 15.3. The fourth-order valence-electron chi connectivity index (χ4n) is 4.17. The van der Waals surface area contributed by atoms with Gasteiger partial charge in [-0.25, -0.2) is 8.42 Å². The quantitative estimate of drug-likeness (QED) is 0.469. The lowest BCUT2D eigenvalue weighted by atomic mass is 9.90. The molecule has 27 heavy (non-hydrogen) atoms. The predicted molar refractivity (Wildman–Crippen MR) is 110 cm³/mol. The SMILES string of the molecule is CCCCS(=O)(=O)C1(CCCC[P+](=O)O)c2ccccc2-c2ccccc21. The van der Waals surface area contributed by atoms with Gasteiger partial charge in [-0.15, -0.1) is 0 Å². The Bertz CT molecular complexity index is 891. The molecule has 0 bridgehead atoms. The molecular formula is C21H26O4PS+. The molecule has 2 aromatic carbocycles. The van der Waals surface area contributed by atoms with Crippen molar-refractivity contribution in [2.24, 2.45) is 0 Å². The van der Waals surface area contributed by atoms with Crippen molar-refractivity contribution in [3.63, 3.8) is 0 Å². The fraction of sp³-hybridized carbons (Fsp3) is 0.429. The Morgan fingerprint density at radius 2 is 1.48 bits per heavy atom. The topological polar surface area (TPSA) is 71.4 Å². The number of hydrogen-bond donors (Lipinski definition) is 1. The maximum atomic E-state index is 13.7. The van der Waals surface area contributed by atoms with E-state index in [1.165, 1.54) is 0 Å². The van der Waals surface area contributed by atoms with Crippen LogP contribution in [0, 0.1) is 0 Å². The van der Waals surface area contributed by atoms with E-state index in [1.807, 2.05) is 55.5 Å². The van der Waals surface area contributed by atoms with Gasteiger partial charge in [-0.05, 0) is 52.5 Å². The lowest BCUT2D eigenvalue weighted by Crippen LogP contribution is -2.37. The molecule has 0 aliphatic heterocycles. The lowest BCUT2D eigenvalue weighted by molar-refractivity contribution is 0.495. The fourth-order valence-corrected chi connectivity index (χ4v) is 7.17. The van der Waals surface area contributed by atoms with Gasteiger partial charge in [0.15, 0.2) is 16.0 Å². The zero-order valence-electron chi connectivity index (χ0n) is 15.6. The van der Waals surface area contributed by atoms with E-state index in [0.717, 1.165) is 28.7 Å². The Labute approximate surface area is 162 Å². The largest absolute Gasteiger partial charge is 0.505 e. The van der Waals surface area contributed by atoms with Crippen LogP contribution < -0.4 is 0 Å². The molecule has 1 aliphatic rings. The molecule has 144 valence electrons. The molecule has 1 aliphatic carbocycles. The second-order valence-corrected chi connectivity index (χ2v) is 10.6. The summed E-state index contributed by atoms with van der Waals surface area (Å²) in [6.07, 6.45) is 3.25. The van der Waals surface area contributed by atoms with Gasteiger partial charge in [0, 0.05) is 0 Å². The highest BCUT2D eigenvalue weighted by atomic mass is 32.2. The summed E-state index contributed by atoms with van der Waals surface area (Å²) in [6, 6.07) is 15.6. The number of fused-ring (bicyclic) bond motifs is 3. The van der Waals surface area contributed by atoms with E-state index in [2.05, 4.69) is 0 Å². The summed E-state index contributed by atoms with van der Waals surface area (Å²) in [7, 11) is -5.63. The molecule has 3 rings (SSSR count). The standard InChI is InChI=1S/C21H25O4PS/c1-2-3-16-27(24,25)21(14-8-9-15-26(22)23)19-12-6-4-10-17(19)18-11-5-7-13-20(18)21/h4-7,10-13H,2-3,8-9,14-16H2,1H3/p+1. The molecule has 0 heterocycles. The lowest BCUT2D eigenvalue weighted by Gasteiger charge is -2.32. The van der Waals surface area contributed by atoms with Crippen molar-refractivity contribution in [3.8, 4) is 11.1 Å². The molecule has 0 amide bonds. The van der Waals surface area contributed by atoms with E-state index >= 15 is 0 Å². The number of rotatable bonds is 9. The molecule has 6 heteroatoms. The van der Waals surface area contributed by atoms with Crippen molar-refractivity contribution in [1.82, 2.24) is 0 Å². The van der Waals surface area contributed by atoms with Gasteiger partial charge in [0.1, 0.15) is 4.75 Å². The highest BCUT2D eigenvalue weighted by Crippen LogP contribution is 2.54. The summed E-state index contributed by atoms with van der Waals surface area (Å²) >= 11 is 0. The van der Waals surface area contributed by atoms with Gasteiger partial charge in [-0.2, -0.15) is 4.89 Å². The molecule has 0 saturated heterocycles. The Hall–Kier alpha value is -1.55. The molecule has 0 radical (unpaired) electrons. The van der Waals surface area contributed by atoms with Crippen molar-refractivity contribution < 1.29 is 17.9 Å². The van der Waals surface area contributed by atoms with E-state index < -0.39 is 22.6 Å². The summed E-state index contributed by atoms with van der Waals surface area (Å²) in [5, 5.41) is 0. The molecule has 1 unspecified atom stereocenters. The first kappa shape index (κ1) is 20.2. The monoisotopic (exact) mass is 405 g/mol. The van der Waals surface area contributed by atoms with E-state index in [9.17, 15) is 13.0 Å². The highest BCUT2D eigenvalue weighted by molar-refractivity contribution is 7.92. The minimum absolute atomic E-state index is 0.153. The van der Waals surface area contributed by atoms with Gasteiger partial charge in [-0.3, -0.25) is 0 Å². The van der Waals surface area contributed by atoms with Gasteiger partial charge in [0.25, 0.3) is 0 Å². The average Bonchev–Trinajstić information content (AvgIpc) is 2.95. The maximum Gasteiger partial charge on any atom is 0.505 e. The smallest absolute Gasteiger partial charge is 0.228 e. The van der Waals surface area contributed by atoms with E-state index in [-0.39, 0.29) is 11.9 Å². The molecule has 4 nitrogen and oxygen atoms in total. The average molecular weight is 405 g/mol. The first-order chi connectivity index (χ1) is 12.9. The van der Waals surface area contributed by atoms with E-state index in [4.69, 9.17) is 4.89 Å². The van der Waals surface area contributed by atoms with E-state index in [1.54, 1.807) is 0 Å². The summed E-state index contributed by atoms with van der Waals surface area (Å²) in [4.78, 5) is 9.09. The number of benzene rings is 2. The Balaban J connectivity index is 2.13. The van der Waals surface area contributed by atoms with Crippen LogP contribution in [0.15, 0.2) is 48.5 Å². The van der Waals surface area contributed by atoms with Crippen LogP contribution >= 0.6 is 8.03 Å². The Morgan fingerprint density at radius 1 is 0.926 bits per heavy atom. The number of sulfone groups is 1. The van der Waals surface area contributed by atoms with Crippen LogP contribution in [0.1, 0.15) is 50.2 Å². The molecule has 0 aromatic heterocycles. The zero-order chi connectivity index (χ0) is 19.5. The summed E-state index contributed by atoms with van der Waals surface area (Å²) in [5.74, 6) is 0.153. The summed E-state index contributed by atoms with van der Waals surface area (Å²) in [5.41, 5.74) is 3.69. The van der Waals surface area contributed by atoms with Crippen LogP contribution in [0.5, 0.6) is 0 Å². The first-order valence-electron chi connectivity index (χ1n) is 9.49. The van der Waals surface area contributed by atoms with Crippen molar-refractivity contribution in [3.05, 3.63) is 59.7 Å². The van der Waals surface area contributed by atoms with Crippen molar-refractivity contribution in [1.29, 1.82) is 0 Å². The molecular weight excluding hydrogens is 379 g/mol. The molecule has 1 N–H and O–H groups in total. The Kier molecular flexibility index (Phi) is 6.15. The Morgan fingerprint density at radius 3 is 2.00 bits per heavy atom. The number of hydrogen-bond acceptors (Lipinski definition) is 3. The minimum Gasteiger partial charge on any atom is -0.228 e. The second kappa shape index (κ2) is 8.22. The van der Waals surface area contributed by atoms with Crippen molar-refractivity contribution in [2.45, 2.75) is 43.8 Å². The third-order valence-electron chi connectivity index (χ3n) is 5.44. The summed E-state index contributed by atoms with van der Waals surface area (Å²) < 4.78 is 37.3. The van der Waals surface area contributed by atoms with Gasteiger partial charge < -0.3 is 0 Å². The van der Waals surface area contributed by atoms with Gasteiger partial charge in [0.05, 0.1) is 5.75 Å². The third-order valence-corrected chi connectivity index (χ3v) is 8.67. The predicted octanol–water partition coefficient (Wildman–Crippen LogP) is 5.03. The molecule has 1 atom stereocenters. The summed E-state index contributed by atoms with van der Waals surface area (Å²) in [6.45, 7) is 2.00. The number of unbranched alkanes of at least 4 members (excludes halogenated alkanes) is 2. The molecule has 2 aromatic rings. The van der Waals surface area contributed by atoms with Crippen LogP contribution in [-0.4, -0.2) is 25.2 Å². The van der Waals surface area contributed by atoms with Gasteiger partial charge in [-0.1, -0.05) is 61.9 Å². The minimum atomic E-state index is -3.45. The third kappa shape index (κ3) is 3.61. The molecule has 0 saturated carbocycles. The van der Waals surface area contributed by atoms with Gasteiger partial charge in [0.2, 0.25) is 0 Å². The second-order valence-electron chi connectivity index (χ2n) is 7.12. The van der Waals surface area contributed by atoms with Crippen LogP contribution in [0.25, 0.3) is 11.1 Å². The van der Waals surface area contributed by atoms with Crippen LogP contribution in [-0.2, 0) is 19.1 Å². The maximum absolute atomic E-state index is 13.7. The van der Waals surface area contributed by atoms with Crippen LogP contribution in [0.2, 0.25) is 0 Å². The van der Waals surface area contributed by atoms with Gasteiger partial charge >= 0.3 is 8.03 Å².